The molecule has 0 amide bonds. The normalized spacial score (nSPS) is 14.0. The van der Waals surface area contributed by atoms with Gasteiger partial charge in [-0.25, -0.2) is 9.13 Å². The second-order valence-corrected chi connectivity index (χ2v) is 32.0. The Bertz CT molecular complexity index is 1870. The van der Waals surface area contributed by atoms with E-state index in [0.717, 1.165) is 102 Å². The summed E-state index contributed by atoms with van der Waals surface area (Å²) in [5, 5.41) is 10.6. The maximum Gasteiger partial charge on any atom is 0.472 e. The highest BCUT2D eigenvalue weighted by molar-refractivity contribution is 7.47. The van der Waals surface area contributed by atoms with Gasteiger partial charge in [0.1, 0.15) is 19.3 Å². The van der Waals surface area contributed by atoms with Crippen molar-refractivity contribution in [2.24, 2.45) is 11.8 Å². The highest BCUT2D eigenvalue weighted by Gasteiger charge is 2.30. The second-order valence-electron chi connectivity index (χ2n) is 29.1. The van der Waals surface area contributed by atoms with Crippen LogP contribution in [-0.2, 0) is 65.4 Å². The maximum atomic E-state index is 13.1. The molecule has 0 spiro atoms. The van der Waals surface area contributed by atoms with Gasteiger partial charge >= 0.3 is 39.5 Å². The number of unbranched alkanes of at least 4 members (excludes halogenated alkanes) is 47. The monoisotopic (exact) mass is 1420 g/mol. The van der Waals surface area contributed by atoms with Crippen LogP contribution in [0.4, 0.5) is 0 Å². The summed E-state index contributed by atoms with van der Waals surface area (Å²) in [6, 6.07) is 0. The molecule has 0 aliphatic rings. The Kier molecular flexibility index (Phi) is 68.4. The molecule has 0 saturated heterocycles. The van der Waals surface area contributed by atoms with E-state index in [1.54, 1.807) is 0 Å². The zero-order valence-electron chi connectivity index (χ0n) is 63.4. The van der Waals surface area contributed by atoms with Gasteiger partial charge in [0.05, 0.1) is 26.4 Å². The quantitative estimate of drug-likeness (QED) is 0.0222. The van der Waals surface area contributed by atoms with Crippen LogP contribution in [0.25, 0.3) is 0 Å². The van der Waals surface area contributed by atoms with E-state index in [0.29, 0.717) is 25.7 Å². The third kappa shape index (κ3) is 72.2. The number of carbonyl (C=O) groups is 4. The van der Waals surface area contributed by atoms with Crippen molar-refractivity contribution in [2.75, 3.05) is 39.6 Å². The molecule has 0 radical (unpaired) electrons. The molecule has 0 aromatic carbocycles. The van der Waals surface area contributed by atoms with E-state index in [1.165, 1.54) is 225 Å². The summed E-state index contributed by atoms with van der Waals surface area (Å²) in [5.74, 6) is -0.588. The van der Waals surface area contributed by atoms with Crippen LogP contribution in [0.5, 0.6) is 0 Å². The standard InChI is InChI=1S/C78H152O17P2/c1-7-9-11-13-15-17-19-21-22-23-24-25-26-30-38-44-50-56-62-77(82)94-73(66-89-76(81)61-55-49-43-37-31-27-28-34-40-46-52-58-70(3)4)68-92-96(84,85)90-64-72(79)65-91-97(86,87)93-69-74(67-88-75(80)60-54-48-42-36-29-20-18-16-14-12-10-8-2)95-78(83)63-57-51-45-39-33-32-35-41-47-53-59-71(5)6/h70-74,79H,7-69H2,1-6H3,(H,84,85)(H,86,87)/t72-,73-,74-/m1/s1. The summed E-state index contributed by atoms with van der Waals surface area (Å²) < 4.78 is 68.6. The molecule has 576 valence electrons. The number of phosphoric ester groups is 2. The van der Waals surface area contributed by atoms with E-state index in [4.69, 9.17) is 37.0 Å². The SMILES string of the molecule is CCCCCCCCCCCCCCCCCCCCC(=O)O[C@H](COC(=O)CCCCCCCCCCCCCC(C)C)COP(=O)(O)OC[C@@H](O)COP(=O)(O)OC[C@@H](COC(=O)CCCCCCCCCCCCCC)OC(=O)CCCCCCCCCCCCC(C)C. The molecule has 0 aliphatic heterocycles. The smallest absolute Gasteiger partial charge is 0.462 e. The second kappa shape index (κ2) is 69.8. The predicted molar refractivity (Wildman–Crippen MR) is 395 cm³/mol. The van der Waals surface area contributed by atoms with Crippen LogP contribution in [0.3, 0.4) is 0 Å². The number of aliphatic hydroxyl groups is 1. The van der Waals surface area contributed by atoms with E-state index in [-0.39, 0.29) is 25.7 Å². The first-order valence-corrected chi connectivity index (χ1v) is 43.5. The predicted octanol–water partition coefficient (Wildman–Crippen LogP) is 23.1. The average Bonchev–Trinajstić information content (AvgIpc) is 1.01. The van der Waals surface area contributed by atoms with Crippen molar-refractivity contribution in [3.05, 3.63) is 0 Å². The zero-order valence-corrected chi connectivity index (χ0v) is 65.2. The van der Waals surface area contributed by atoms with Gasteiger partial charge in [-0.1, -0.05) is 356 Å². The summed E-state index contributed by atoms with van der Waals surface area (Å²) in [4.78, 5) is 72.9. The fourth-order valence-electron chi connectivity index (χ4n) is 12.0. The minimum Gasteiger partial charge on any atom is -0.462 e. The molecule has 0 saturated carbocycles. The van der Waals surface area contributed by atoms with Crippen LogP contribution in [0.15, 0.2) is 0 Å². The third-order valence-electron chi connectivity index (χ3n) is 18.2. The van der Waals surface area contributed by atoms with E-state index >= 15 is 0 Å². The molecule has 0 rings (SSSR count). The van der Waals surface area contributed by atoms with Gasteiger partial charge in [0.25, 0.3) is 0 Å². The number of hydrogen-bond acceptors (Lipinski definition) is 15. The van der Waals surface area contributed by atoms with Crippen molar-refractivity contribution < 1.29 is 80.2 Å². The number of aliphatic hydroxyl groups excluding tert-OH is 1. The van der Waals surface area contributed by atoms with Crippen LogP contribution in [-0.4, -0.2) is 96.7 Å². The van der Waals surface area contributed by atoms with Crippen LogP contribution < -0.4 is 0 Å². The Labute approximate surface area is 594 Å². The number of esters is 4. The molecule has 0 bridgehead atoms. The summed E-state index contributed by atoms with van der Waals surface area (Å²) in [5.41, 5.74) is 0. The molecule has 5 atom stereocenters. The largest absolute Gasteiger partial charge is 0.472 e. The topological polar surface area (TPSA) is 237 Å². The zero-order chi connectivity index (χ0) is 71.4. The van der Waals surface area contributed by atoms with Crippen molar-refractivity contribution in [3.63, 3.8) is 0 Å². The van der Waals surface area contributed by atoms with Crippen molar-refractivity contribution in [1.29, 1.82) is 0 Å². The fourth-order valence-corrected chi connectivity index (χ4v) is 13.6. The third-order valence-corrected chi connectivity index (χ3v) is 20.1. The molecule has 97 heavy (non-hydrogen) atoms. The molecule has 0 aromatic heterocycles. The van der Waals surface area contributed by atoms with E-state index in [1.807, 2.05) is 0 Å². The number of carbonyl (C=O) groups excluding carboxylic acids is 4. The first-order valence-electron chi connectivity index (χ1n) is 40.5. The lowest BCUT2D eigenvalue weighted by atomic mass is 10.0. The van der Waals surface area contributed by atoms with Gasteiger partial charge in [0.15, 0.2) is 12.2 Å². The summed E-state index contributed by atoms with van der Waals surface area (Å²) in [7, 11) is -9.92. The van der Waals surface area contributed by atoms with Crippen LogP contribution >= 0.6 is 15.6 Å². The lowest BCUT2D eigenvalue weighted by Gasteiger charge is -2.21. The molecule has 2 unspecified atom stereocenters. The van der Waals surface area contributed by atoms with Crippen molar-refractivity contribution in [1.82, 2.24) is 0 Å². The van der Waals surface area contributed by atoms with E-state index in [9.17, 15) is 43.2 Å². The van der Waals surface area contributed by atoms with Crippen molar-refractivity contribution >= 4 is 39.5 Å². The number of rotatable bonds is 77. The molecule has 0 heterocycles. The van der Waals surface area contributed by atoms with Crippen molar-refractivity contribution in [2.45, 2.75) is 426 Å². The van der Waals surface area contributed by atoms with Gasteiger partial charge in [-0.05, 0) is 37.5 Å². The lowest BCUT2D eigenvalue weighted by molar-refractivity contribution is -0.161. The molecular weight excluding hydrogens is 1270 g/mol. The minimum absolute atomic E-state index is 0.106. The Balaban J connectivity index is 5.25. The Hall–Kier alpha value is -1.94. The Morgan fingerprint density at radius 1 is 0.278 bits per heavy atom. The first kappa shape index (κ1) is 95.1. The minimum atomic E-state index is -4.96. The number of phosphoric acid groups is 2. The average molecular weight is 1420 g/mol. The van der Waals surface area contributed by atoms with Crippen LogP contribution in [0, 0.1) is 11.8 Å². The lowest BCUT2D eigenvalue weighted by Crippen LogP contribution is -2.30. The molecule has 19 heteroatoms. The van der Waals surface area contributed by atoms with Gasteiger partial charge in [-0.2, -0.15) is 0 Å². The van der Waals surface area contributed by atoms with Crippen LogP contribution in [0.1, 0.15) is 408 Å². The van der Waals surface area contributed by atoms with E-state index < -0.39 is 97.5 Å². The van der Waals surface area contributed by atoms with Crippen LogP contribution in [0.2, 0.25) is 0 Å². The molecule has 3 N–H and O–H groups in total. The van der Waals surface area contributed by atoms with Gasteiger partial charge in [0, 0.05) is 25.7 Å². The van der Waals surface area contributed by atoms with Crippen molar-refractivity contribution in [3.8, 4) is 0 Å². The Morgan fingerprint density at radius 3 is 0.701 bits per heavy atom. The maximum absolute atomic E-state index is 13.1. The highest BCUT2D eigenvalue weighted by atomic mass is 31.2. The highest BCUT2D eigenvalue weighted by Crippen LogP contribution is 2.45. The molecule has 0 fully saturated rings. The molecule has 0 aliphatic carbocycles. The number of ether oxygens (including phenoxy) is 4. The van der Waals surface area contributed by atoms with Gasteiger partial charge in [-0.15, -0.1) is 0 Å². The number of hydrogen-bond donors (Lipinski definition) is 3. The van der Waals surface area contributed by atoms with Gasteiger partial charge in [-0.3, -0.25) is 37.3 Å². The molecule has 0 aromatic rings. The first-order chi connectivity index (χ1) is 46.9. The summed E-state index contributed by atoms with van der Waals surface area (Å²) >= 11 is 0. The van der Waals surface area contributed by atoms with E-state index in [2.05, 4.69) is 41.5 Å². The molecule has 17 nitrogen and oxygen atoms in total. The van der Waals surface area contributed by atoms with Gasteiger partial charge in [0.2, 0.25) is 0 Å². The fraction of sp³-hybridized carbons (Fsp3) is 0.949. The van der Waals surface area contributed by atoms with Gasteiger partial charge < -0.3 is 33.8 Å². The summed E-state index contributed by atoms with van der Waals surface area (Å²) in [6.07, 6.45) is 58.1. The molecular formula is C78H152O17P2. The summed E-state index contributed by atoms with van der Waals surface area (Å²) in [6.45, 7) is 9.61. The Morgan fingerprint density at radius 2 is 0.474 bits per heavy atom.